The van der Waals surface area contributed by atoms with Crippen LogP contribution in [-0.4, -0.2) is 75.2 Å². The van der Waals surface area contributed by atoms with E-state index in [1.165, 1.54) is 17.5 Å². The van der Waals surface area contributed by atoms with Gasteiger partial charge in [-0.3, -0.25) is 15.0 Å². The number of hydrogen-bond donors (Lipinski definition) is 3. The number of allylic oxidation sites excluding steroid dienone is 2. The van der Waals surface area contributed by atoms with Crippen LogP contribution in [0.1, 0.15) is 34.9 Å². The molecule has 1 aliphatic heterocycles. The number of carbonyl (C=O) groups excluding carboxylic acids is 1. The third-order valence-electron chi connectivity index (χ3n) is 5.89. The number of amides is 1. The molecule has 2 aromatic heterocycles. The second kappa shape index (κ2) is 11.7. The summed E-state index contributed by atoms with van der Waals surface area (Å²) >= 11 is 7.44. The summed E-state index contributed by atoms with van der Waals surface area (Å²) in [4.78, 5) is 35.7. The monoisotopic (exact) mass is 528 g/mol. The summed E-state index contributed by atoms with van der Waals surface area (Å²) in [5.74, 6) is 1.22. The van der Waals surface area contributed by atoms with E-state index in [4.69, 9.17) is 11.6 Å². The number of carbonyl (C=O) groups is 1. The van der Waals surface area contributed by atoms with Gasteiger partial charge in [-0.25, -0.2) is 4.98 Å². The molecule has 0 saturated carbocycles. The maximum Gasteiger partial charge on any atom is 0.267 e. The second-order valence-corrected chi connectivity index (χ2v) is 9.78. The van der Waals surface area contributed by atoms with E-state index in [1.807, 2.05) is 39.0 Å². The number of halogens is 1. The number of aromatic nitrogens is 4. The van der Waals surface area contributed by atoms with Crippen LogP contribution in [0.2, 0.25) is 5.02 Å². The van der Waals surface area contributed by atoms with E-state index in [2.05, 4.69) is 40.4 Å². The number of para-hydroxylation sites is 1. The Morgan fingerprint density at radius 3 is 2.69 bits per heavy atom. The highest BCUT2D eigenvalue weighted by atomic mass is 35.5. The molecule has 1 amide bonds. The fraction of sp³-hybridized carbons (Fsp3) is 0.375. The van der Waals surface area contributed by atoms with Crippen LogP contribution in [0.25, 0.3) is 5.57 Å². The minimum absolute atomic E-state index is 0.149. The van der Waals surface area contributed by atoms with Gasteiger partial charge >= 0.3 is 0 Å². The predicted octanol–water partition coefficient (Wildman–Crippen LogP) is 3.82. The van der Waals surface area contributed by atoms with Crippen molar-refractivity contribution in [2.45, 2.75) is 20.8 Å². The number of aliphatic hydroxyl groups is 1. The van der Waals surface area contributed by atoms with E-state index in [9.17, 15) is 9.90 Å². The van der Waals surface area contributed by atoms with Crippen molar-refractivity contribution in [2.75, 3.05) is 54.9 Å². The molecule has 1 fully saturated rings. The Bertz CT molecular complexity index is 1240. The molecule has 1 aliphatic rings. The molecule has 0 aliphatic carbocycles. The number of anilines is 4. The zero-order chi connectivity index (χ0) is 25.7. The largest absolute Gasteiger partial charge is 0.395 e. The Kier molecular flexibility index (Phi) is 8.47. The van der Waals surface area contributed by atoms with Gasteiger partial charge in [0.25, 0.3) is 5.91 Å². The zero-order valence-corrected chi connectivity index (χ0v) is 22.0. The van der Waals surface area contributed by atoms with Gasteiger partial charge in [-0.15, -0.1) is 0 Å². The van der Waals surface area contributed by atoms with E-state index in [-0.39, 0.29) is 12.5 Å². The minimum atomic E-state index is -0.292. The summed E-state index contributed by atoms with van der Waals surface area (Å²) < 4.78 is 0. The highest BCUT2D eigenvalue weighted by Crippen LogP contribution is 2.28. The van der Waals surface area contributed by atoms with Crippen molar-refractivity contribution in [2.24, 2.45) is 0 Å². The Hall–Kier alpha value is -3.12. The number of aryl methyl sites for hydroxylation is 1. The van der Waals surface area contributed by atoms with Gasteiger partial charge in [-0.1, -0.05) is 41.1 Å². The van der Waals surface area contributed by atoms with Crippen LogP contribution < -0.4 is 15.5 Å². The normalized spacial score (nSPS) is 14.7. The Morgan fingerprint density at radius 2 is 2.00 bits per heavy atom. The van der Waals surface area contributed by atoms with Crippen LogP contribution in [0.4, 0.5) is 22.7 Å². The molecule has 1 saturated heterocycles. The van der Waals surface area contributed by atoms with Gasteiger partial charge in [0.05, 0.1) is 23.5 Å². The van der Waals surface area contributed by atoms with E-state index in [1.54, 1.807) is 6.07 Å². The quantitative estimate of drug-likeness (QED) is 0.400. The number of nitrogens with one attached hydrogen (secondary N) is 2. The summed E-state index contributed by atoms with van der Waals surface area (Å²) in [6.45, 7) is 9.73. The summed E-state index contributed by atoms with van der Waals surface area (Å²) in [6.07, 6.45) is 3.46. The summed E-state index contributed by atoms with van der Waals surface area (Å²) in [6, 6.07) is 5.46. The average Bonchev–Trinajstić information content (AvgIpc) is 3.35. The van der Waals surface area contributed by atoms with Crippen LogP contribution in [-0.2, 0) is 0 Å². The van der Waals surface area contributed by atoms with Crippen molar-refractivity contribution in [3.63, 3.8) is 0 Å². The zero-order valence-electron chi connectivity index (χ0n) is 20.5. The lowest BCUT2D eigenvalue weighted by atomic mass is 10.2. The third kappa shape index (κ3) is 6.16. The molecule has 4 rings (SSSR count). The average molecular weight is 529 g/mol. The molecule has 0 spiro atoms. The fourth-order valence-corrected chi connectivity index (χ4v) is 4.65. The number of piperazine rings is 1. The molecule has 3 heterocycles. The molecule has 36 heavy (non-hydrogen) atoms. The lowest BCUT2D eigenvalue weighted by Crippen LogP contribution is -2.47. The number of aliphatic hydroxyl groups excluding tert-OH is 1. The standard InChI is InChI=1S/C24H29ClN8O2S/c1-4-15(2)20-28-22(30-23(29-20)33-10-8-32(9-11-33)12-13-34)31-24-26-14-18(36-24)21(35)27-19-16(3)6-5-7-17(19)25/h4-7,14,34H,8-13H2,1-3H3,(H,27,35)(H,26,28,29,30,31). The molecule has 12 heteroatoms. The van der Waals surface area contributed by atoms with E-state index >= 15 is 0 Å². The molecule has 1 aromatic carbocycles. The lowest BCUT2D eigenvalue weighted by Gasteiger charge is -2.34. The van der Waals surface area contributed by atoms with Crippen molar-refractivity contribution in [1.29, 1.82) is 0 Å². The minimum Gasteiger partial charge on any atom is -0.395 e. The molecule has 3 aromatic rings. The van der Waals surface area contributed by atoms with Crippen LogP contribution >= 0.6 is 22.9 Å². The van der Waals surface area contributed by atoms with Crippen molar-refractivity contribution in [3.05, 3.63) is 51.8 Å². The van der Waals surface area contributed by atoms with Gasteiger partial charge in [0.2, 0.25) is 11.9 Å². The number of β-amino-alcohol motifs (C(OH)–C–C–N with tert-alkyl or cyclic N) is 1. The number of benzene rings is 1. The molecule has 10 nitrogen and oxygen atoms in total. The first-order chi connectivity index (χ1) is 17.4. The molecule has 3 N–H and O–H groups in total. The second-order valence-electron chi connectivity index (χ2n) is 8.35. The van der Waals surface area contributed by atoms with Gasteiger partial charge in [0, 0.05) is 32.7 Å². The first-order valence-corrected chi connectivity index (χ1v) is 12.8. The Labute approximate surface area is 219 Å². The summed E-state index contributed by atoms with van der Waals surface area (Å²) in [5, 5.41) is 16.2. The van der Waals surface area contributed by atoms with Crippen molar-refractivity contribution >= 4 is 57.1 Å². The highest BCUT2D eigenvalue weighted by molar-refractivity contribution is 7.17. The fourth-order valence-electron chi connectivity index (χ4n) is 3.68. The maximum absolute atomic E-state index is 12.8. The maximum atomic E-state index is 12.8. The van der Waals surface area contributed by atoms with Crippen LogP contribution in [0, 0.1) is 6.92 Å². The van der Waals surface area contributed by atoms with E-state index in [0.29, 0.717) is 45.0 Å². The van der Waals surface area contributed by atoms with Crippen molar-refractivity contribution < 1.29 is 9.90 Å². The molecular weight excluding hydrogens is 500 g/mol. The Balaban J connectivity index is 1.52. The Morgan fingerprint density at radius 1 is 1.22 bits per heavy atom. The van der Waals surface area contributed by atoms with Gasteiger partial charge < -0.3 is 15.3 Å². The third-order valence-corrected chi connectivity index (χ3v) is 7.12. The van der Waals surface area contributed by atoms with Crippen molar-refractivity contribution in [3.8, 4) is 0 Å². The van der Waals surface area contributed by atoms with Gasteiger partial charge in [0.1, 0.15) is 4.88 Å². The van der Waals surface area contributed by atoms with Gasteiger partial charge in [-0.05, 0) is 38.0 Å². The SMILES string of the molecule is CC=C(C)c1nc(Nc2ncc(C(=O)Nc3c(C)cccc3Cl)s2)nc(N2CCN(CCO)CC2)n1. The molecule has 0 atom stereocenters. The van der Waals surface area contributed by atoms with E-state index in [0.717, 1.165) is 37.3 Å². The van der Waals surface area contributed by atoms with E-state index < -0.39 is 0 Å². The smallest absolute Gasteiger partial charge is 0.267 e. The van der Waals surface area contributed by atoms with Gasteiger partial charge in [-0.2, -0.15) is 15.0 Å². The molecule has 190 valence electrons. The van der Waals surface area contributed by atoms with Crippen LogP contribution in [0.3, 0.4) is 0 Å². The molecule has 0 unspecified atom stereocenters. The highest BCUT2D eigenvalue weighted by Gasteiger charge is 2.21. The molecular formula is C24H29ClN8O2S. The molecule has 0 radical (unpaired) electrons. The number of rotatable bonds is 8. The number of thiazole rings is 1. The lowest BCUT2D eigenvalue weighted by molar-refractivity contribution is 0.103. The summed E-state index contributed by atoms with van der Waals surface area (Å²) in [7, 11) is 0. The van der Waals surface area contributed by atoms with Crippen LogP contribution in [0.15, 0.2) is 30.5 Å². The van der Waals surface area contributed by atoms with Gasteiger partial charge in [0.15, 0.2) is 11.0 Å². The number of nitrogens with zero attached hydrogens (tertiary/aromatic N) is 6. The topological polar surface area (TPSA) is 119 Å². The predicted molar refractivity (Wildman–Crippen MR) is 144 cm³/mol. The molecule has 0 bridgehead atoms. The first-order valence-electron chi connectivity index (χ1n) is 11.6. The first kappa shape index (κ1) is 26.0. The van der Waals surface area contributed by atoms with Crippen molar-refractivity contribution in [1.82, 2.24) is 24.8 Å². The number of hydrogen-bond acceptors (Lipinski definition) is 10. The summed E-state index contributed by atoms with van der Waals surface area (Å²) in [5.41, 5.74) is 2.38. The van der Waals surface area contributed by atoms with Crippen LogP contribution in [0.5, 0.6) is 0 Å².